The van der Waals surface area contributed by atoms with Crippen molar-refractivity contribution in [3.05, 3.63) is 95.1 Å². The Kier molecular flexibility index (Phi) is 3.90. The maximum Gasteiger partial charge on any atom is 0.193 e. The second kappa shape index (κ2) is 6.23. The van der Waals surface area contributed by atoms with Crippen LogP contribution in [0, 0.1) is 0 Å². The molecule has 0 aliphatic heterocycles. The lowest BCUT2D eigenvalue weighted by Gasteiger charge is -2.11. The summed E-state index contributed by atoms with van der Waals surface area (Å²) in [6, 6.07) is 23.0. The summed E-state index contributed by atoms with van der Waals surface area (Å²) in [5, 5.41) is 1.79. The topological polar surface area (TPSA) is 22.0 Å². The van der Waals surface area contributed by atoms with Crippen molar-refractivity contribution in [3.63, 3.8) is 0 Å². The molecule has 4 aromatic rings. The molecule has 3 aromatic carbocycles. The maximum atomic E-state index is 13.0. The van der Waals surface area contributed by atoms with E-state index in [-0.39, 0.29) is 5.78 Å². The third-order valence-electron chi connectivity index (χ3n) is 4.46. The van der Waals surface area contributed by atoms with Crippen LogP contribution in [0.5, 0.6) is 0 Å². The first kappa shape index (κ1) is 15.7. The highest BCUT2D eigenvalue weighted by atomic mass is 35.5. The zero-order valence-electron chi connectivity index (χ0n) is 13.7. The molecule has 0 fully saturated rings. The molecule has 0 aliphatic carbocycles. The number of halogens is 1. The molecule has 122 valence electrons. The monoisotopic (exact) mass is 345 g/mol. The van der Waals surface area contributed by atoms with Crippen LogP contribution >= 0.6 is 11.6 Å². The van der Waals surface area contributed by atoms with Gasteiger partial charge in [0, 0.05) is 34.9 Å². The molecule has 0 bridgehead atoms. The third-order valence-corrected chi connectivity index (χ3v) is 4.70. The van der Waals surface area contributed by atoms with Crippen molar-refractivity contribution in [3.8, 4) is 11.1 Å². The molecule has 0 unspecified atom stereocenters. The molecule has 0 spiro atoms. The molecule has 0 amide bonds. The zero-order valence-corrected chi connectivity index (χ0v) is 14.5. The van der Waals surface area contributed by atoms with E-state index in [1.807, 2.05) is 61.8 Å². The van der Waals surface area contributed by atoms with E-state index in [0.29, 0.717) is 16.1 Å². The minimum Gasteiger partial charge on any atom is -0.351 e. The van der Waals surface area contributed by atoms with Crippen LogP contribution < -0.4 is 0 Å². The summed E-state index contributed by atoms with van der Waals surface area (Å²) < 4.78 is 2.07. The van der Waals surface area contributed by atoms with E-state index in [2.05, 4.69) is 22.8 Å². The van der Waals surface area contributed by atoms with Crippen molar-refractivity contribution in [2.75, 3.05) is 0 Å². The Morgan fingerprint density at radius 2 is 1.72 bits per heavy atom. The van der Waals surface area contributed by atoms with Gasteiger partial charge in [-0.1, -0.05) is 54.1 Å². The number of aromatic nitrogens is 1. The Morgan fingerprint density at radius 1 is 0.920 bits per heavy atom. The lowest BCUT2D eigenvalue weighted by atomic mass is 9.93. The van der Waals surface area contributed by atoms with Gasteiger partial charge in [-0.2, -0.15) is 0 Å². The van der Waals surface area contributed by atoms with Gasteiger partial charge in [0.15, 0.2) is 5.78 Å². The number of nitrogens with zero attached hydrogens (tertiary/aromatic N) is 1. The van der Waals surface area contributed by atoms with Crippen LogP contribution in [-0.4, -0.2) is 10.4 Å². The largest absolute Gasteiger partial charge is 0.351 e. The molecule has 0 aliphatic rings. The summed E-state index contributed by atoms with van der Waals surface area (Å²) in [5.74, 6) is -0.000699. The number of ketones is 1. The van der Waals surface area contributed by atoms with Crippen LogP contribution in [0.4, 0.5) is 0 Å². The van der Waals surface area contributed by atoms with Gasteiger partial charge in [-0.15, -0.1) is 0 Å². The second-order valence-electron chi connectivity index (χ2n) is 6.09. The highest BCUT2D eigenvalue weighted by molar-refractivity contribution is 6.31. The van der Waals surface area contributed by atoms with E-state index in [1.54, 1.807) is 6.07 Å². The van der Waals surface area contributed by atoms with E-state index >= 15 is 0 Å². The molecule has 2 nitrogen and oxygen atoms in total. The Bertz CT molecular complexity index is 1080. The quantitative estimate of drug-likeness (QED) is 0.434. The smallest absolute Gasteiger partial charge is 0.193 e. The SMILES string of the molecule is Cn1ccc2ccc(-c3cc(Cl)ccc3C(=O)c3ccccc3)cc21. The standard InChI is InChI=1S/C22H16ClNO/c1-24-12-11-15-7-8-17(13-21(15)24)20-14-18(23)9-10-19(20)22(25)16-5-3-2-4-6-16/h2-14H,1H3. The molecule has 0 saturated heterocycles. The molecule has 0 atom stereocenters. The van der Waals surface area contributed by atoms with E-state index in [0.717, 1.165) is 16.6 Å². The summed E-state index contributed by atoms with van der Waals surface area (Å²) >= 11 is 6.23. The van der Waals surface area contributed by atoms with Crippen molar-refractivity contribution in [1.29, 1.82) is 0 Å². The highest BCUT2D eigenvalue weighted by Gasteiger charge is 2.16. The Hall–Kier alpha value is -2.84. The minimum atomic E-state index is -0.000699. The fourth-order valence-electron chi connectivity index (χ4n) is 3.13. The number of rotatable bonds is 3. The molecule has 3 heteroatoms. The van der Waals surface area contributed by atoms with E-state index in [1.165, 1.54) is 5.39 Å². The van der Waals surface area contributed by atoms with Crippen molar-refractivity contribution < 1.29 is 4.79 Å². The molecule has 0 radical (unpaired) electrons. The van der Waals surface area contributed by atoms with Gasteiger partial charge < -0.3 is 4.57 Å². The first-order valence-electron chi connectivity index (χ1n) is 8.08. The molecular formula is C22H16ClNO. The molecule has 0 N–H and O–H groups in total. The Balaban J connectivity index is 1.90. The summed E-state index contributed by atoms with van der Waals surface area (Å²) in [6.45, 7) is 0. The molecule has 1 heterocycles. The highest BCUT2D eigenvalue weighted by Crippen LogP contribution is 2.31. The summed E-state index contributed by atoms with van der Waals surface area (Å²) in [7, 11) is 2.01. The van der Waals surface area contributed by atoms with E-state index in [4.69, 9.17) is 11.6 Å². The average Bonchev–Trinajstić information content (AvgIpc) is 3.02. The number of fused-ring (bicyclic) bond motifs is 1. The van der Waals surface area contributed by atoms with Gasteiger partial charge in [0.25, 0.3) is 0 Å². The number of carbonyl (C=O) groups excluding carboxylic acids is 1. The molecule has 4 rings (SSSR count). The summed E-state index contributed by atoms with van der Waals surface area (Å²) in [5.41, 5.74) is 4.28. The first-order valence-corrected chi connectivity index (χ1v) is 8.46. The number of hydrogen-bond donors (Lipinski definition) is 0. The number of aryl methyl sites for hydroxylation is 1. The summed E-state index contributed by atoms with van der Waals surface area (Å²) in [4.78, 5) is 13.0. The van der Waals surface area contributed by atoms with E-state index < -0.39 is 0 Å². The van der Waals surface area contributed by atoms with Gasteiger partial charge in [-0.25, -0.2) is 0 Å². The second-order valence-corrected chi connectivity index (χ2v) is 6.52. The minimum absolute atomic E-state index is 0.000699. The van der Waals surface area contributed by atoms with Crippen LogP contribution in [0.25, 0.3) is 22.0 Å². The lowest BCUT2D eigenvalue weighted by molar-refractivity contribution is 0.103. The van der Waals surface area contributed by atoms with Crippen molar-refractivity contribution in [2.45, 2.75) is 0 Å². The van der Waals surface area contributed by atoms with Gasteiger partial charge in [0.1, 0.15) is 0 Å². The van der Waals surface area contributed by atoms with Gasteiger partial charge in [-0.3, -0.25) is 4.79 Å². The number of hydrogen-bond acceptors (Lipinski definition) is 1. The predicted molar refractivity (Wildman–Crippen MR) is 103 cm³/mol. The molecule has 0 saturated carbocycles. The number of carbonyl (C=O) groups is 1. The van der Waals surface area contributed by atoms with Crippen molar-refractivity contribution in [1.82, 2.24) is 4.57 Å². The zero-order chi connectivity index (χ0) is 17.4. The van der Waals surface area contributed by atoms with Crippen LogP contribution in [0.15, 0.2) is 79.0 Å². The van der Waals surface area contributed by atoms with Crippen LogP contribution in [0.3, 0.4) is 0 Å². The fraction of sp³-hybridized carbons (Fsp3) is 0.0455. The van der Waals surface area contributed by atoms with Gasteiger partial charge in [0.05, 0.1) is 0 Å². The fourth-order valence-corrected chi connectivity index (χ4v) is 3.30. The van der Waals surface area contributed by atoms with E-state index in [9.17, 15) is 4.79 Å². The van der Waals surface area contributed by atoms with Crippen molar-refractivity contribution >= 4 is 28.3 Å². The van der Waals surface area contributed by atoms with Gasteiger partial charge in [0.2, 0.25) is 0 Å². The van der Waals surface area contributed by atoms with Gasteiger partial charge >= 0.3 is 0 Å². The third kappa shape index (κ3) is 2.86. The Labute approximate surface area is 151 Å². The molecule has 1 aromatic heterocycles. The van der Waals surface area contributed by atoms with Crippen molar-refractivity contribution in [2.24, 2.45) is 7.05 Å². The number of benzene rings is 3. The molecular weight excluding hydrogens is 330 g/mol. The molecule has 25 heavy (non-hydrogen) atoms. The van der Waals surface area contributed by atoms with Crippen LogP contribution in [0.2, 0.25) is 5.02 Å². The average molecular weight is 346 g/mol. The summed E-state index contributed by atoms with van der Waals surface area (Å²) in [6.07, 6.45) is 2.03. The lowest BCUT2D eigenvalue weighted by Crippen LogP contribution is -2.03. The van der Waals surface area contributed by atoms with Gasteiger partial charge in [-0.05, 0) is 46.8 Å². The Morgan fingerprint density at radius 3 is 2.52 bits per heavy atom. The predicted octanol–water partition coefficient (Wildman–Crippen LogP) is 5.73. The maximum absolute atomic E-state index is 13.0. The van der Waals surface area contributed by atoms with Crippen LogP contribution in [0.1, 0.15) is 15.9 Å². The van der Waals surface area contributed by atoms with Crippen LogP contribution in [-0.2, 0) is 7.05 Å². The normalized spacial score (nSPS) is 11.0. The first-order chi connectivity index (χ1) is 12.1.